The summed E-state index contributed by atoms with van der Waals surface area (Å²) in [6.07, 6.45) is 8.38. The van der Waals surface area contributed by atoms with Gasteiger partial charge >= 0.3 is 0 Å². The predicted octanol–water partition coefficient (Wildman–Crippen LogP) is 4.27. The Labute approximate surface area is 106 Å². The average molecular weight is 286 g/mol. The number of furan rings is 1. The fourth-order valence-corrected chi connectivity index (χ4v) is 2.57. The quantitative estimate of drug-likeness (QED) is 0.809. The Balaban J connectivity index is 1.92. The Bertz CT molecular complexity index is 319. The Morgan fingerprint density at radius 1 is 1.56 bits per heavy atom. The Morgan fingerprint density at radius 2 is 2.38 bits per heavy atom. The van der Waals surface area contributed by atoms with Crippen molar-refractivity contribution < 1.29 is 4.42 Å². The van der Waals surface area contributed by atoms with E-state index < -0.39 is 0 Å². The standard InChI is InChI=1S/C13H20BrNO/c1-2-8-15-12(6-5-10-3-4-10)11-7-9-16-13(11)14/h7,9-10,12,15H,2-6,8H2,1H3. The first-order chi connectivity index (χ1) is 7.81. The molecule has 0 aliphatic heterocycles. The number of hydrogen-bond donors (Lipinski definition) is 1. The van der Waals surface area contributed by atoms with E-state index in [1.165, 1.54) is 37.7 Å². The maximum atomic E-state index is 5.32. The van der Waals surface area contributed by atoms with E-state index in [-0.39, 0.29) is 0 Å². The van der Waals surface area contributed by atoms with Gasteiger partial charge in [0.2, 0.25) is 0 Å². The minimum absolute atomic E-state index is 0.452. The van der Waals surface area contributed by atoms with Gasteiger partial charge in [0.15, 0.2) is 4.67 Å². The molecule has 0 saturated heterocycles. The lowest BCUT2D eigenvalue weighted by molar-refractivity contribution is 0.457. The summed E-state index contributed by atoms with van der Waals surface area (Å²) in [5, 5.41) is 3.61. The molecule has 0 amide bonds. The van der Waals surface area contributed by atoms with E-state index in [1.807, 2.05) is 0 Å². The van der Waals surface area contributed by atoms with E-state index in [1.54, 1.807) is 6.26 Å². The summed E-state index contributed by atoms with van der Waals surface area (Å²) >= 11 is 3.47. The zero-order valence-corrected chi connectivity index (χ0v) is 11.4. The van der Waals surface area contributed by atoms with Gasteiger partial charge in [-0.15, -0.1) is 0 Å². The van der Waals surface area contributed by atoms with Crippen LogP contribution in [0.3, 0.4) is 0 Å². The van der Waals surface area contributed by atoms with Crippen LogP contribution in [0, 0.1) is 5.92 Å². The van der Waals surface area contributed by atoms with Crippen LogP contribution in [-0.2, 0) is 0 Å². The molecule has 1 aliphatic rings. The molecule has 0 aromatic carbocycles. The second-order valence-corrected chi connectivity index (χ2v) is 5.40. The van der Waals surface area contributed by atoms with Gasteiger partial charge in [0.25, 0.3) is 0 Å². The van der Waals surface area contributed by atoms with Crippen LogP contribution in [0.1, 0.15) is 50.6 Å². The van der Waals surface area contributed by atoms with Gasteiger partial charge in [0.1, 0.15) is 0 Å². The van der Waals surface area contributed by atoms with Crippen molar-refractivity contribution in [2.24, 2.45) is 5.92 Å². The van der Waals surface area contributed by atoms with Crippen LogP contribution in [0.5, 0.6) is 0 Å². The summed E-state index contributed by atoms with van der Waals surface area (Å²) in [4.78, 5) is 0. The van der Waals surface area contributed by atoms with Gasteiger partial charge in [-0.3, -0.25) is 0 Å². The van der Waals surface area contributed by atoms with Crippen molar-refractivity contribution in [2.75, 3.05) is 6.54 Å². The first-order valence-corrected chi connectivity index (χ1v) is 7.06. The third-order valence-corrected chi connectivity index (χ3v) is 3.87. The highest BCUT2D eigenvalue weighted by atomic mass is 79.9. The van der Waals surface area contributed by atoms with Gasteiger partial charge in [-0.05, 0) is 53.7 Å². The molecular weight excluding hydrogens is 266 g/mol. The molecule has 1 saturated carbocycles. The van der Waals surface area contributed by atoms with Crippen molar-refractivity contribution in [1.82, 2.24) is 5.32 Å². The van der Waals surface area contributed by atoms with Gasteiger partial charge in [-0.2, -0.15) is 0 Å². The van der Waals surface area contributed by atoms with E-state index >= 15 is 0 Å². The summed E-state index contributed by atoms with van der Waals surface area (Å²) in [7, 11) is 0. The van der Waals surface area contributed by atoms with Gasteiger partial charge in [0, 0.05) is 11.6 Å². The van der Waals surface area contributed by atoms with Crippen molar-refractivity contribution in [2.45, 2.75) is 45.1 Å². The fraction of sp³-hybridized carbons (Fsp3) is 0.692. The van der Waals surface area contributed by atoms with Crippen LogP contribution in [0.25, 0.3) is 0 Å². The molecule has 1 N–H and O–H groups in total. The number of nitrogens with one attached hydrogen (secondary N) is 1. The van der Waals surface area contributed by atoms with Gasteiger partial charge < -0.3 is 9.73 Å². The van der Waals surface area contributed by atoms with Crippen LogP contribution in [0.4, 0.5) is 0 Å². The maximum absolute atomic E-state index is 5.32. The van der Waals surface area contributed by atoms with Crippen molar-refractivity contribution in [1.29, 1.82) is 0 Å². The molecule has 1 aromatic heterocycles. The summed E-state index contributed by atoms with van der Waals surface area (Å²) < 4.78 is 6.21. The second kappa shape index (κ2) is 5.87. The summed E-state index contributed by atoms with van der Waals surface area (Å²) in [5.74, 6) is 0.997. The minimum Gasteiger partial charge on any atom is -0.457 e. The van der Waals surface area contributed by atoms with Gasteiger partial charge in [0.05, 0.1) is 6.26 Å². The van der Waals surface area contributed by atoms with E-state index in [0.717, 1.165) is 17.1 Å². The lowest BCUT2D eigenvalue weighted by atomic mass is 10.0. The molecule has 2 rings (SSSR count). The third-order valence-electron chi connectivity index (χ3n) is 3.22. The summed E-state index contributed by atoms with van der Waals surface area (Å²) in [5.41, 5.74) is 1.27. The second-order valence-electron chi connectivity index (χ2n) is 4.68. The molecule has 0 spiro atoms. The molecule has 90 valence electrons. The zero-order valence-electron chi connectivity index (χ0n) is 9.84. The van der Waals surface area contributed by atoms with Crippen LogP contribution in [-0.4, -0.2) is 6.54 Å². The molecule has 1 fully saturated rings. The Hall–Kier alpha value is -0.280. The Morgan fingerprint density at radius 3 is 2.94 bits per heavy atom. The highest BCUT2D eigenvalue weighted by Crippen LogP contribution is 2.37. The summed E-state index contributed by atoms with van der Waals surface area (Å²) in [6, 6.07) is 2.53. The zero-order chi connectivity index (χ0) is 11.4. The highest BCUT2D eigenvalue weighted by Gasteiger charge is 2.24. The molecule has 3 heteroatoms. The molecule has 16 heavy (non-hydrogen) atoms. The topological polar surface area (TPSA) is 25.2 Å². The first-order valence-electron chi connectivity index (χ1n) is 6.27. The largest absolute Gasteiger partial charge is 0.457 e. The molecule has 0 radical (unpaired) electrons. The molecule has 1 aromatic rings. The highest BCUT2D eigenvalue weighted by molar-refractivity contribution is 9.10. The van der Waals surface area contributed by atoms with Crippen molar-refractivity contribution in [3.63, 3.8) is 0 Å². The molecule has 1 atom stereocenters. The maximum Gasteiger partial charge on any atom is 0.173 e. The van der Waals surface area contributed by atoms with Crippen LogP contribution in [0.15, 0.2) is 21.4 Å². The molecule has 1 heterocycles. The first kappa shape index (κ1) is 12.2. The smallest absolute Gasteiger partial charge is 0.173 e. The fourth-order valence-electron chi connectivity index (χ4n) is 2.05. The number of hydrogen-bond acceptors (Lipinski definition) is 2. The van der Waals surface area contributed by atoms with E-state index in [9.17, 15) is 0 Å². The molecule has 0 bridgehead atoms. The average Bonchev–Trinajstić information content (AvgIpc) is 3.02. The lowest BCUT2D eigenvalue weighted by Crippen LogP contribution is -2.22. The minimum atomic E-state index is 0.452. The van der Waals surface area contributed by atoms with Crippen LogP contribution in [0.2, 0.25) is 0 Å². The monoisotopic (exact) mass is 285 g/mol. The molecular formula is C13H20BrNO. The Kier molecular flexibility index (Phi) is 4.47. The molecule has 2 nitrogen and oxygen atoms in total. The lowest BCUT2D eigenvalue weighted by Gasteiger charge is -2.17. The predicted molar refractivity (Wildman–Crippen MR) is 69.4 cm³/mol. The third kappa shape index (κ3) is 3.36. The van der Waals surface area contributed by atoms with Crippen molar-refractivity contribution in [3.05, 3.63) is 22.6 Å². The molecule has 1 unspecified atom stereocenters. The van der Waals surface area contributed by atoms with E-state index in [2.05, 4.69) is 34.2 Å². The summed E-state index contributed by atoms with van der Waals surface area (Å²) in [6.45, 7) is 3.28. The normalized spacial score (nSPS) is 17.6. The van der Waals surface area contributed by atoms with Gasteiger partial charge in [-0.1, -0.05) is 19.8 Å². The van der Waals surface area contributed by atoms with E-state index in [4.69, 9.17) is 4.42 Å². The van der Waals surface area contributed by atoms with Gasteiger partial charge in [-0.25, -0.2) is 0 Å². The number of halogens is 1. The number of rotatable bonds is 7. The van der Waals surface area contributed by atoms with Crippen molar-refractivity contribution >= 4 is 15.9 Å². The van der Waals surface area contributed by atoms with E-state index in [0.29, 0.717) is 6.04 Å². The SMILES string of the molecule is CCCNC(CCC1CC1)c1ccoc1Br. The molecule has 1 aliphatic carbocycles. The van der Waals surface area contributed by atoms with Crippen LogP contribution < -0.4 is 5.32 Å². The van der Waals surface area contributed by atoms with Crippen molar-refractivity contribution in [3.8, 4) is 0 Å². The van der Waals surface area contributed by atoms with Crippen LogP contribution >= 0.6 is 15.9 Å².